The molecule has 0 aromatic heterocycles. The molecule has 0 saturated heterocycles. The third-order valence-electron chi connectivity index (χ3n) is 2.20. The molecule has 1 N–H and O–H groups in total. The van der Waals surface area contributed by atoms with Crippen LogP contribution in [-0.4, -0.2) is 23.9 Å². The Labute approximate surface area is 99.8 Å². The first-order valence-corrected chi connectivity index (χ1v) is 5.58. The summed E-state index contributed by atoms with van der Waals surface area (Å²) in [5.74, 6) is -2.85. The first-order chi connectivity index (χ1) is 7.70. The van der Waals surface area contributed by atoms with Crippen molar-refractivity contribution in [2.75, 3.05) is 0 Å². The number of nitrogens with one attached hydrogen (secondary N) is 1. The second-order valence-corrected chi connectivity index (χ2v) is 3.45. The molecule has 0 radical (unpaired) electrons. The van der Waals surface area contributed by atoms with Crippen molar-refractivity contribution in [1.82, 2.24) is 5.32 Å². The summed E-state index contributed by atoms with van der Waals surface area (Å²) < 4.78 is 35.8. The summed E-state index contributed by atoms with van der Waals surface area (Å²) in [5, 5.41) is 1.69. The molecule has 0 aromatic rings. The van der Waals surface area contributed by atoms with Gasteiger partial charge in [-0.05, 0) is 12.8 Å². The third-order valence-corrected chi connectivity index (χ3v) is 2.20. The fraction of sp³-hybridized carbons (Fsp3) is 0.818. The van der Waals surface area contributed by atoms with E-state index in [-0.39, 0.29) is 5.92 Å². The minimum Gasteiger partial charge on any atom is -0.338 e. The van der Waals surface area contributed by atoms with E-state index in [0.717, 1.165) is 6.92 Å². The molecule has 17 heavy (non-hydrogen) atoms. The number of hydrogen-bond donors (Lipinski definition) is 1. The minimum absolute atomic E-state index is 0.311. The smallest absolute Gasteiger partial charge is 0.338 e. The largest absolute Gasteiger partial charge is 0.471 e. The number of rotatable bonds is 4. The molecule has 0 heterocycles. The zero-order valence-corrected chi connectivity index (χ0v) is 10.8. The molecular weight excluding hydrogens is 235 g/mol. The highest BCUT2D eigenvalue weighted by atomic mass is 19.4. The number of ketones is 1. The summed E-state index contributed by atoms with van der Waals surface area (Å²) >= 11 is 0. The van der Waals surface area contributed by atoms with Crippen LogP contribution >= 0.6 is 0 Å². The molecule has 0 spiro atoms. The lowest BCUT2D eigenvalue weighted by molar-refractivity contribution is -0.175. The van der Waals surface area contributed by atoms with Crippen LogP contribution in [-0.2, 0) is 9.59 Å². The fourth-order valence-corrected chi connectivity index (χ4v) is 1.10. The van der Waals surface area contributed by atoms with Crippen molar-refractivity contribution in [2.24, 2.45) is 5.92 Å². The summed E-state index contributed by atoms with van der Waals surface area (Å²) in [6, 6.07) is -1.07. The maximum atomic E-state index is 11.9. The molecule has 2 atom stereocenters. The van der Waals surface area contributed by atoms with Crippen LogP contribution in [0.3, 0.4) is 0 Å². The summed E-state index contributed by atoms with van der Waals surface area (Å²) in [7, 11) is 0. The van der Waals surface area contributed by atoms with E-state index in [1.54, 1.807) is 19.2 Å². The molecule has 0 aliphatic heterocycles. The van der Waals surface area contributed by atoms with Crippen molar-refractivity contribution in [2.45, 2.75) is 53.3 Å². The van der Waals surface area contributed by atoms with Gasteiger partial charge in [-0.1, -0.05) is 34.1 Å². The Kier molecular flexibility index (Phi) is 8.70. The number of hydrogen-bond acceptors (Lipinski definition) is 2. The quantitative estimate of drug-likeness (QED) is 0.839. The number of carbonyl (C=O) groups excluding carboxylic acids is 2. The third kappa shape index (κ3) is 6.97. The van der Waals surface area contributed by atoms with Gasteiger partial charge in [0.25, 0.3) is 0 Å². The van der Waals surface area contributed by atoms with Gasteiger partial charge in [-0.15, -0.1) is 0 Å². The molecule has 6 heteroatoms. The van der Waals surface area contributed by atoms with Crippen molar-refractivity contribution in [3.05, 3.63) is 0 Å². The van der Waals surface area contributed by atoms with Crippen LogP contribution in [0, 0.1) is 5.92 Å². The molecule has 102 valence electrons. The van der Waals surface area contributed by atoms with E-state index in [9.17, 15) is 22.8 Å². The van der Waals surface area contributed by atoms with Gasteiger partial charge in [0, 0.05) is 0 Å². The van der Waals surface area contributed by atoms with Gasteiger partial charge in [-0.3, -0.25) is 9.59 Å². The summed E-state index contributed by atoms with van der Waals surface area (Å²) in [6.45, 7) is 8.51. The number of halogens is 3. The minimum atomic E-state index is -4.94. The molecule has 1 amide bonds. The van der Waals surface area contributed by atoms with Gasteiger partial charge in [0.15, 0.2) is 5.78 Å². The first-order valence-electron chi connectivity index (χ1n) is 5.58. The highest BCUT2D eigenvalue weighted by Crippen LogP contribution is 2.16. The first kappa shape index (κ1) is 18.3. The van der Waals surface area contributed by atoms with Gasteiger partial charge in [0.2, 0.25) is 0 Å². The Morgan fingerprint density at radius 1 is 1.24 bits per heavy atom. The van der Waals surface area contributed by atoms with Crippen LogP contribution in [0.4, 0.5) is 13.2 Å². The fourth-order valence-electron chi connectivity index (χ4n) is 1.10. The van der Waals surface area contributed by atoms with Gasteiger partial charge in [-0.2, -0.15) is 13.2 Å². The van der Waals surface area contributed by atoms with E-state index < -0.39 is 23.9 Å². The van der Waals surface area contributed by atoms with Crippen LogP contribution < -0.4 is 5.32 Å². The molecule has 1 unspecified atom stereocenters. The number of Topliss-reactive ketones (excluding diaryl/α,β-unsaturated/α-hetero) is 1. The van der Waals surface area contributed by atoms with Crippen LogP contribution in [0.5, 0.6) is 0 Å². The topological polar surface area (TPSA) is 46.2 Å². The standard InChI is InChI=1S/C9H14F3NO2.C2H6/c1-4-5(2)7(6(3)14)13-8(15)9(10,11)12;1-2/h5,7H,4H2,1-3H3,(H,13,15);1-2H3/t5?,7-;/m0./s1. The molecular formula is C11H20F3NO2. The van der Waals surface area contributed by atoms with Crippen molar-refractivity contribution in [3.8, 4) is 0 Å². The predicted octanol–water partition coefficient (Wildman–Crippen LogP) is 2.69. The average molecular weight is 255 g/mol. The summed E-state index contributed by atoms with van der Waals surface area (Å²) in [4.78, 5) is 21.6. The maximum absolute atomic E-state index is 11.9. The number of carbonyl (C=O) groups is 2. The van der Waals surface area contributed by atoms with E-state index in [1.165, 1.54) is 0 Å². The van der Waals surface area contributed by atoms with Gasteiger partial charge < -0.3 is 5.32 Å². The Hall–Kier alpha value is -1.07. The summed E-state index contributed by atoms with van der Waals surface area (Å²) in [5.41, 5.74) is 0. The molecule has 0 aliphatic carbocycles. The lowest BCUT2D eigenvalue weighted by atomic mass is 9.96. The van der Waals surface area contributed by atoms with E-state index in [1.807, 2.05) is 13.8 Å². The SMILES string of the molecule is CC.CCC(C)[C@H](NC(=O)C(F)(F)F)C(C)=O. The van der Waals surface area contributed by atoms with Crippen molar-refractivity contribution in [1.29, 1.82) is 0 Å². The Morgan fingerprint density at radius 3 is 1.88 bits per heavy atom. The normalized spacial score (nSPS) is 14.1. The molecule has 3 nitrogen and oxygen atoms in total. The summed E-state index contributed by atoms with van der Waals surface area (Å²) in [6.07, 6.45) is -4.43. The highest BCUT2D eigenvalue weighted by molar-refractivity contribution is 5.89. The average Bonchev–Trinajstić information content (AvgIpc) is 2.25. The van der Waals surface area contributed by atoms with Crippen LogP contribution in [0.2, 0.25) is 0 Å². The molecule has 0 aromatic carbocycles. The van der Waals surface area contributed by atoms with E-state index in [2.05, 4.69) is 0 Å². The van der Waals surface area contributed by atoms with Gasteiger partial charge in [0.05, 0.1) is 6.04 Å². The lowest BCUT2D eigenvalue weighted by Gasteiger charge is -2.22. The Morgan fingerprint density at radius 2 is 1.65 bits per heavy atom. The van der Waals surface area contributed by atoms with Crippen LogP contribution in [0.1, 0.15) is 41.0 Å². The maximum Gasteiger partial charge on any atom is 0.471 e. The van der Waals surface area contributed by atoms with Crippen molar-refractivity contribution < 1.29 is 22.8 Å². The Bertz CT molecular complexity index is 252. The van der Waals surface area contributed by atoms with E-state index in [4.69, 9.17) is 0 Å². The monoisotopic (exact) mass is 255 g/mol. The zero-order chi connectivity index (χ0) is 14.2. The Balaban J connectivity index is 0. The van der Waals surface area contributed by atoms with Crippen LogP contribution in [0.15, 0.2) is 0 Å². The van der Waals surface area contributed by atoms with Crippen molar-refractivity contribution >= 4 is 11.7 Å². The van der Waals surface area contributed by atoms with Crippen LogP contribution in [0.25, 0.3) is 0 Å². The second-order valence-electron chi connectivity index (χ2n) is 3.45. The number of alkyl halides is 3. The zero-order valence-electron chi connectivity index (χ0n) is 10.8. The van der Waals surface area contributed by atoms with Gasteiger partial charge >= 0.3 is 12.1 Å². The predicted molar refractivity (Wildman–Crippen MR) is 59.5 cm³/mol. The molecule has 0 saturated carbocycles. The molecule has 0 fully saturated rings. The second kappa shape index (κ2) is 8.08. The molecule has 0 bridgehead atoms. The van der Waals surface area contributed by atoms with Gasteiger partial charge in [-0.25, -0.2) is 0 Å². The van der Waals surface area contributed by atoms with E-state index >= 15 is 0 Å². The molecule has 0 rings (SSSR count). The number of amides is 1. The van der Waals surface area contributed by atoms with Crippen molar-refractivity contribution in [3.63, 3.8) is 0 Å². The van der Waals surface area contributed by atoms with Gasteiger partial charge in [0.1, 0.15) is 0 Å². The van der Waals surface area contributed by atoms with E-state index in [0.29, 0.717) is 6.42 Å². The highest BCUT2D eigenvalue weighted by Gasteiger charge is 2.40. The molecule has 0 aliphatic rings. The lowest BCUT2D eigenvalue weighted by Crippen LogP contribution is -2.49.